The van der Waals surface area contributed by atoms with Crippen molar-refractivity contribution in [2.24, 2.45) is 7.05 Å². The number of fused-ring (bicyclic) bond motifs is 2. The lowest BCUT2D eigenvalue weighted by atomic mass is 9.70. The minimum absolute atomic E-state index is 0.152. The highest BCUT2D eigenvalue weighted by Gasteiger charge is 2.50. The summed E-state index contributed by atoms with van der Waals surface area (Å²) in [6.45, 7) is 2.80. The van der Waals surface area contributed by atoms with Crippen molar-refractivity contribution in [1.29, 1.82) is 0 Å². The lowest BCUT2D eigenvalue weighted by Gasteiger charge is -2.52. The van der Waals surface area contributed by atoms with Gasteiger partial charge in [0.05, 0.1) is 30.2 Å². The molecule has 0 radical (unpaired) electrons. The fraction of sp³-hybridized carbons (Fsp3) is 0.562. The van der Waals surface area contributed by atoms with Crippen LogP contribution in [0.5, 0.6) is 0 Å². The van der Waals surface area contributed by atoms with E-state index < -0.39 is 0 Å². The van der Waals surface area contributed by atoms with Crippen LogP contribution in [0, 0.1) is 6.92 Å². The zero-order valence-electron chi connectivity index (χ0n) is 13.1. The number of carbonyl (C=O) groups excluding carboxylic acids is 1. The molecule has 116 valence electrons. The zero-order chi connectivity index (χ0) is 15.3. The minimum atomic E-state index is -0.152. The highest BCUT2D eigenvalue weighted by atomic mass is 16.2. The van der Waals surface area contributed by atoms with Crippen LogP contribution in [0.1, 0.15) is 41.9 Å². The molecule has 2 aromatic heterocycles. The molecule has 1 spiro atoms. The Labute approximate surface area is 129 Å². The van der Waals surface area contributed by atoms with E-state index in [0.717, 1.165) is 42.8 Å². The van der Waals surface area contributed by atoms with Crippen molar-refractivity contribution in [2.75, 3.05) is 6.54 Å². The highest BCUT2D eigenvalue weighted by Crippen LogP contribution is 2.49. The van der Waals surface area contributed by atoms with Crippen LogP contribution in [0.25, 0.3) is 0 Å². The summed E-state index contributed by atoms with van der Waals surface area (Å²) in [6, 6.07) is 0. The molecule has 4 rings (SSSR count). The average Bonchev–Trinajstić information content (AvgIpc) is 3.06. The number of nitrogens with zero attached hydrogens (tertiary/aromatic N) is 4. The molecule has 1 aliphatic carbocycles. The van der Waals surface area contributed by atoms with Crippen molar-refractivity contribution in [2.45, 2.75) is 44.6 Å². The van der Waals surface area contributed by atoms with E-state index in [4.69, 9.17) is 0 Å². The Kier molecular flexibility index (Phi) is 2.89. The van der Waals surface area contributed by atoms with Crippen LogP contribution in [-0.4, -0.2) is 37.1 Å². The molecule has 1 fully saturated rings. The molecular weight excluding hydrogens is 278 g/mol. The van der Waals surface area contributed by atoms with E-state index in [1.807, 2.05) is 24.9 Å². The summed E-state index contributed by atoms with van der Waals surface area (Å²) in [5, 5.41) is 4.24. The minimum Gasteiger partial charge on any atom is -0.348 e. The van der Waals surface area contributed by atoms with Crippen LogP contribution >= 0.6 is 0 Å². The van der Waals surface area contributed by atoms with E-state index in [0.29, 0.717) is 6.42 Å². The van der Waals surface area contributed by atoms with Crippen LogP contribution in [-0.2, 0) is 30.2 Å². The molecule has 1 saturated carbocycles. The van der Waals surface area contributed by atoms with Crippen LogP contribution in [0.2, 0.25) is 0 Å². The molecule has 6 nitrogen and oxygen atoms in total. The molecule has 0 aromatic carbocycles. The first-order valence-corrected chi connectivity index (χ1v) is 7.92. The van der Waals surface area contributed by atoms with E-state index in [1.54, 1.807) is 6.33 Å². The summed E-state index contributed by atoms with van der Waals surface area (Å²) in [5.41, 5.74) is 4.24. The third-order valence-corrected chi connectivity index (χ3v) is 5.42. The van der Waals surface area contributed by atoms with Gasteiger partial charge in [-0.25, -0.2) is 4.98 Å². The molecule has 1 amide bonds. The maximum absolute atomic E-state index is 12.9. The number of imidazole rings is 1. The topological polar surface area (TPSA) is 66.8 Å². The van der Waals surface area contributed by atoms with Gasteiger partial charge in [0.1, 0.15) is 0 Å². The third kappa shape index (κ3) is 1.76. The van der Waals surface area contributed by atoms with Gasteiger partial charge in [0.15, 0.2) is 0 Å². The maximum atomic E-state index is 12.9. The van der Waals surface area contributed by atoms with Crippen molar-refractivity contribution >= 4 is 5.91 Å². The van der Waals surface area contributed by atoms with Gasteiger partial charge in [-0.3, -0.25) is 9.48 Å². The second-order valence-corrected chi connectivity index (χ2v) is 6.47. The second kappa shape index (κ2) is 4.69. The van der Waals surface area contributed by atoms with Crippen molar-refractivity contribution in [3.8, 4) is 0 Å². The number of aromatic nitrogens is 4. The predicted molar refractivity (Wildman–Crippen MR) is 81.2 cm³/mol. The largest absolute Gasteiger partial charge is 0.348 e. The number of hydrogen-bond donors (Lipinski definition) is 1. The third-order valence-electron chi connectivity index (χ3n) is 5.42. The van der Waals surface area contributed by atoms with Crippen molar-refractivity contribution in [3.63, 3.8) is 0 Å². The van der Waals surface area contributed by atoms with Crippen LogP contribution in [0.3, 0.4) is 0 Å². The van der Waals surface area contributed by atoms with Gasteiger partial charge >= 0.3 is 0 Å². The molecule has 1 N–H and O–H groups in total. The van der Waals surface area contributed by atoms with Gasteiger partial charge in [0.25, 0.3) is 0 Å². The van der Waals surface area contributed by atoms with Crippen molar-refractivity contribution in [3.05, 3.63) is 35.2 Å². The fourth-order valence-electron chi connectivity index (χ4n) is 3.84. The summed E-state index contributed by atoms with van der Waals surface area (Å²) < 4.78 is 1.82. The molecule has 2 aliphatic rings. The van der Waals surface area contributed by atoms with E-state index in [-0.39, 0.29) is 11.4 Å². The Morgan fingerprint density at radius 2 is 2.27 bits per heavy atom. The van der Waals surface area contributed by atoms with Gasteiger partial charge < -0.3 is 9.88 Å². The molecule has 3 heterocycles. The Morgan fingerprint density at radius 1 is 1.45 bits per heavy atom. The quantitative estimate of drug-likeness (QED) is 0.913. The molecule has 0 bridgehead atoms. The van der Waals surface area contributed by atoms with Crippen molar-refractivity contribution < 1.29 is 4.79 Å². The number of hydrogen-bond acceptors (Lipinski definition) is 3. The summed E-state index contributed by atoms with van der Waals surface area (Å²) in [7, 11) is 1.91. The number of carbonyl (C=O) groups is 1. The monoisotopic (exact) mass is 299 g/mol. The first-order chi connectivity index (χ1) is 10.6. The van der Waals surface area contributed by atoms with E-state index >= 15 is 0 Å². The summed E-state index contributed by atoms with van der Waals surface area (Å²) in [4.78, 5) is 22.8. The SMILES string of the molecule is Cc1c(CC(=O)N2CCc3[nH]cnc3C23CCC3)cnn1C. The number of nitrogens with one attached hydrogen (secondary N) is 1. The standard InChI is InChI=1S/C16H21N5O/c1-11-12(9-19-20(11)2)8-14(22)21-7-4-13-15(18-10-17-13)16(21)5-3-6-16/h9-10H,3-8H2,1-2H3,(H,17,18). The number of H-pyrrole nitrogens is 1. The van der Waals surface area contributed by atoms with E-state index in [1.165, 1.54) is 12.1 Å². The summed E-state index contributed by atoms with van der Waals surface area (Å²) in [6.07, 6.45) is 8.11. The Bertz CT molecular complexity index is 725. The first kappa shape index (κ1) is 13.5. The molecule has 6 heteroatoms. The first-order valence-electron chi connectivity index (χ1n) is 7.92. The van der Waals surface area contributed by atoms with Gasteiger partial charge in [0.2, 0.25) is 5.91 Å². The molecule has 0 saturated heterocycles. The second-order valence-electron chi connectivity index (χ2n) is 6.47. The lowest BCUT2D eigenvalue weighted by molar-refractivity contribution is -0.143. The number of aryl methyl sites for hydroxylation is 1. The van der Waals surface area contributed by atoms with Gasteiger partial charge in [0, 0.05) is 37.0 Å². The molecule has 0 unspecified atom stereocenters. The highest BCUT2D eigenvalue weighted by molar-refractivity contribution is 5.80. The molecule has 22 heavy (non-hydrogen) atoms. The van der Waals surface area contributed by atoms with Gasteiger partial charge in [-0.2, -0.15) is 5.10 Å². The van der Waals surface area contributed by atoms with E-state index in [2.05, 4.69) is 20.0 Å². The predicted octanol–water partition coefficient (Wildman–Crippen LogP) is 1.46. The van der Waals surface area contributed by atoms with Gasteiger partial charge in [-0.15, -0.1) is 0 Å². The molecule has 0 atom stereocenters. The molecular formula is C16H21N5O. The summed E-state index contributed by atoms with van der Waals surface area (Å²) in [5.74, 6) is 0.199. The Balaban J connectivity index is 1.62. The number of amides is 1. The van der Waals surface area contributed by atoms with Crippen LogP contribution < -0.4 is 0 Å². The Hall–Kier alpha value is -2.11. The summed E-state index contributed by atoms with van der Waals surface area (Å²) >= 11 is 0. The molecule has 2 aromatic rings. The smallest absolute Gasteiger partial charge is 0.227 e. The number of rotatable bonds is 2. The zero-order valence-corrected chi connectivity index (χ0v) is 13.1. The Morgan fingerprint density at radius 3 is 2.91 bits per heavy atom. The van der Waals surface area contributed by atoms with Gasteiger partial charge in [-0.1, -0.05) is 0 Å². The normalized spacial score (nSPS) is 19.1. The fourth-order valence-corrected chi connectivity index (χ4v) is 3.84. The molecule has 1 aliphatic heterocycles. The van der Waals surface area contributed by atoms with E-state index in [9.17, 15) is 4.79 Å². The number of aromatic amines is 1. The van der Waals surface area contributed by atoms with Crippen LogP contribution in [0.4, 0.5) is 0 Å². The lowest BCUT2D eigenvalue weighted by Crippen LogP contribution is -2.57. The van der Waals surface area contributed by atoms with Crippen molar-refractivity contribution in [1.82, 2.24) is 24.6 Å². The maximum Gasteiger partial charge on any atom is 0.227 e. The average molecular weight is 299 g/mol. The van der Waals surface area contributed by atoms with Crippen LogP contribution in [0.15, 0.2) is 12.5 Å². The van der Waals surface area contributed by atoms with Gasteiger partial charge in [-0.05, 0) is 26.2 Å².